The van der Waals surface area contributed by atoms with Crippen LogP contribution >= 0.6 is 0 Å². The summed E-state index contributed by atoms with van der Waals surface area (Å²) in [4.78, 5) is 28.6. The van der Waals surface area contributed by atoms with Gasteiger partial charge in [-0.3, -0.25) is 9.59 Å². The lowest BCUT2D eigenvalue weighted by Gasteiger charge is -2.38. The third kappa shape index (κ3) is 4.62. The maximum atomic E-state index is 13.0. The molecule has 0 saturated carbocycles. The molecule has 1 aromatic carbocycles. The topological polar surface area (TPSA) is 84.0 Å². The normalized spacial score (nSPS) is 23.3. The van der Waals surface area contributed by atoms with Gasteiger partial charge < -0.3 is 14.5 Å². The molecule has 2 unspecified atom stereocenters. The van der Waals surface area contributed by atoms with Crippen LogP contribution in [0.4, 0.5) is 0 Å². The van der Waals surface area contributed by atoms with Gasteiger partial charge in [-0.25, -0.2) is 8.42 Å². The minimum atomic E-state index is -3.25. The first-order valence-electron chi connectivity index (χ1n) is 9.41. The zero-order valence-electron chi connectivity index (χ0n) is 16.0. The van der Waals surface area contributed by atoms with Crippen LogP contribution < -0.4 is 0 Å². The number of amides is 2. The molecule has 2 atom stereocenters. The summed E-state index contributed by atoms with van der Waals surface area (Å²) in [7, 11) is -3.25. The van der Waals surface area contributed by atoms with Crippen LogP contribution in [0.2, 0.25) is 0 Å². The first-order chi connectivity index (χ1) is 13.3. The SMILES string of the molecule is C=CC(=O)N1CCCC(C(=O)N2CCOC(c3ccc(S(C)(=O)=O)cc3)C2)C1. The Labute approximate surface area is 165 Å². The zero-order valence-corrected chi connectivity index (χ0v) is 16.9. The van der Waals surface area contributed by atoms with Crippen molar-refractivity contribution in [3.8, 4) is 0 Å². The van der Waals surface area contributed by atoms with Crippen molar-refractivity contribution in [2.45, 2.75) is 23.8 Å². The molecule has 2 amide bonds. The van der Waals surface area contributed by atoms with E-state index in [0.29, 0.717) is 32.8 Å². The van der Waals surface area contributed by atoms with Crippen molar-refractivity contribution in [2.75, 3.05) is 39.0 Å². The second-order valence-corrected chi connectivity index (χ2v) is 9.33. The number of hydrogen-bond donors (Lipinski definition) is 0. The van der Waals surface area contributed by atoms with Gasteiger partial charge in [0.05, 0.1) is 24.0 Å². The predicted octanol–water partition coefficient (Wildman–Crippen LogP) is 1.41. The van der Waals surface area contributed by atoms with Gasteiger partial charge in [0, 0.05) is 25.9 Å². The minimum Gasteiger partial charge on any atom is -0.370 e. The Hall–Kier alpha value is -2.19. The van der Waals surface area contributed by atoms with Gasteiger partial charge in [0.25, 0.3) is 0 Å². The van der Waals surface area contributed by atoms with Gasteiger partial charge in [0.15, 0.2) is 9.84 Å². The van der Waals surface area contributed by atoms with Crippen LogP contribution in [0.25, 0.3) is 0 Å². The highest BCUT2D eigenvalue weighted by Gasteiger charge is 2.33. The molecule has 0 aromatic heterocycles. The van der Waals surface area contributed by atoms with Crippen LogP contribution in [0, 0.1) is 5.92 Å². The summed E-state index contributed by atoms with van der Waals surface area (Å²) in [5.74, 6) is -0.296. The molecule has 2 saturated heterocycles. The zero-order chi connectivity index (χ0) is 20.3. The molecule has 0 spiro atoms. The summed E-state index contributed by atoms with van der Waals surface area (Å²) in [5.41, 5.74) is 0.844. The van der Waals surface area contributed by atoms with Crippen molar-refractivity contribution < 1.29 is 22.7 Å². The number of sulfone groups is 1. The third-order valence-corrected chi connectivity index (χ3v) is 6.44. The van der Waals surface area contributed by atoms with Crippen LogP contribution in [0.1, 0.15) is 24.5 Å². The van der Waals surface area contributed by atoms with Crippen LogP contribution in [-0.4, -0.2) is 69.1 Å². The average molecular weight is 407 g/mol. The summed E-state index contributed by atoms with van der Waals surface area (Å²) < 4.78 is 29.0. The highest BCUT2D eigenvalue weighted by molar-refractivity contribution is 7.90. The molecule has 2 aliphatic heterocycles. The van der Waals surface area contributed by atoms with Crippen molar-refractivity contribution in [1.29, 1.82) is 0 Å². The fourth-order valence-corrected chi connectivity index (χ4v) is 4.38. The van der Waals surface area contributed by atoms with Gasteiger partial charge in [-0.15, -0.1) is 0 Å². The van der Waals surface area contributed by atoms with Gasteiger partial charge in [-0.05, 0) is 36.6 Å². The van der Waals surface area contributed by atoms with Crippen LogP contribution in [0.3, 0.4) is 0 Å². The molecule has 152 valence electrons. The van der Waals surface area contributed by atoms with E-state index in [0.717, 1.165) is 18.4 Å². The Morgan fingerprint density at radius 3 is 2.50 bits per heavy atom. The first kappa shape index (κ1) is 20.5. The number of piperidine rings is 1. The average Bonchev–Trinajstić information content (AvgIpc) is 2.72. The van der Waals surface area contributed by atoms with Crippen molar-refractivity contribution in [3.63, 3.8) is 0 Å². The van der Waals surface area contributed by atoms with Crippen molar-refractivity contribution in [2.24, 2.45) is 5.92 Å². The van der Waals surface area contributed by atoms with E-state index in [4.69, 9.17) is 4.74 Å². The largest absolute Gasteiger partial charge is 0.370 e. The van der Waals surface area contributed by atoms with E-state index in [2.05, 4.69) is 6.58 Å². The fraction of sp³-hybridized carbons (Fsp3) is 0.500. The summed E-state index contributed by atoms with van der Waals surface area (Å²) in [6.45, 7) is 5.96. The number of carbonyl (C=O) groups is 2. The standard InChI is InChI=1S/C20H26N2O5S/c1-3-19(23)21-10-4-5-16(13-21)20(24)22-11-12-27-18(14-22)15-6-8-17(9-7-15)28(2,25)26/h3,6-9,16,18H,1,4-5,10-14H2,2H3. The van der Waals surface area contributed by atoms with E-state index in [1.165, 1.54) is 12.3 Å². The molecule has 2 aliphatic rings. The number of morpholine rings is 1. The monoisotopic (exact) mass is 406 g/mol. The smallest absolute Gasteiger partial charge is 0.245 e. The molecule has 0 radical (unpaired) electrons. The Kier molecular flexibility index (Phi) is 6.20. The molecule has 3 rings (SSSR count). The lowest BCUT2D eigenvalue weighted by atomic mass is 9.95. The molecule has 7 nitrogen and oxygen atoms in total. The van der Waals surface area contributed by atoms with Crippen LogP contribution in [0.15, 0.2) is 41.8 Å². The van der Waals surface area contributed by atoms with Gasteiger partial charge in [-0.1, -0.05) is 18.7 Å². The second-order valence-electron chi connectivity index (χ2n) is 7.31. The highest BCUT2D eigenvalue weighted by atomic mass is 32.2. The maximum Gasteiger partial charge on any atom is 0.245 e. The van der Waals surface area contributed by atoms with E-state index < -0.39 is 9.84 Å². The fourth-order valence-electron chi connectivity index (χ4n) is 3.75. The van der Waals surface area contributed by atoms with Gasteiger partial charge >= 0.3 is 0 Å². The lowest BCUT2D eigenvalue weighted by Crippen LogP contribution is -2.49. The molecular weight excluding hydrogens is 380 g/mol. The van der Waals surface area contributed by atoms with Crippen molar-refractivity contribution in [1.82, 2.24) is 9.80 Å². The Bertz CT molecular complexity index is 850. The molecular formula is C20H26N2O5S. The number of rotatable bonds is 4. The van der Waals surface area contributed by atoms with Gasteiger partial charge in [-0.2, -0.15) is 0 Å². The second kappa shape index (κ2) is 8.45. The molecule has 28 heavy (non-hydrogen) atoms. The van der Waals surface area contributed by atoms with E-state index in [1.54, 1.807) is 34.1 Å². The van der Waals surface area contributed by atoms with Gasteiger partial charge in [0.1, 0.15) is 6.10 Å². The molecule has 0 aliphatic carbocycles. The quantitative estimate of drug-likeness (QED) is 0.706. The van der Waals surface area contributed by atoms with Gasteiger partial charge in [0.2, 0.25) is 11.8 Å². The number of likely N-dealkylation sites (tertiary alicyclic amines) is 1. The molecule has 2 fully saturated rings. The Morgan fingerprint density at radius 1 is 1.14 bits per heavy atom. The predicted molar refractivity (Wildman–Crippen MR) is 104 cm³/mol. The summed E-state index contributed by atoms with van der Waals surface area (Å²) in [6.07, 6.45) is 3.74. The maximum absolute atomic E-state index is 13.0. The number of hydrogen-bond acceptors (Lipinski definition) is 5. The Balaban J connectivity index is 1.66. The number of ether oxygens (including phenoxy) is 1. The number of nitrogens with zero attached hydrogens (tertiary/aromatic N) is 2. The van der Waals surface area contributed by atoms with E-state index in [-0.39, 0.29) is 28.7 Å². The van der Waals surface area contributed by atoms with E-state index in [1.807, 2.05) is 0 Å². The molecule has 1 aromatic rings. The van der Waals surface area contributed by atoms with Crippen molar-refractivity contribution in [3.05, 3.63) is 42.5 Å². The lowest BCUT2D eigenvalue weighted by molar-refractivity contribution is -0.146. The molecule has 2 heterocycles. The van der Waals surface area contributed by atoms with Crippen LogP contribution in [0.5, 0.6) is 0 Å². The summed E-state index contributed by atoms with van der Waals surface area (Å²) in [6, 6.07) is 6.60. The molecule has 8 heteroatoms. The van der Waals surface area contributed by atoms with Crippen LogP contribution in [-0.2, 0) is 24.2 Å². The summed E-state index contributed by atoms with van der Waals surface area (Å²) in [5, 5.41) is 0. The first-order valence-corrected chi connectivity index (χ1v) is 11.3. The van der Waals surface area contributed by atoms with E-state index >= 15 is 0 Å². The van der Waals surface area contributed by atoms with E-state index in [9.17, 15) is 18.0 Å². The summed E-state index contributed by atoms with van der Waals surface area (Å²) >= 11 is 0. The third-order valence-electron chi connectivity index (χ3n) is 5.32. The van der Waals surface area contributed by atoms with Crippen molar-refractivity contribution >= 4 is 21.7 Å². The Morgan fingerprint density at radius 2 is 1.86 bits per heavy atom. The minimum absolute atomic E-state index is 0.0441. The number of carbonyl (C=O) groups excluding carboxylic acids is 2. The molecule has 0 bridgehead atoms. The molecule has 0 N–H and O–H groups in total. The number of benzene rings is 1. The highest BCUT2D eigenvalue weighted by Crippen LogP contribution is 2.26.